The van der Waals surface area contributed by atoms with Gasteiger partial charge in [-0.25, -0.2) is 0 Å². The van der Waals surface area contributed by atoms with Gasteiger partial charge in [-0.05, 0) is 29.8 Å². The number of nitrogens with one attached hydrogen (secondary N) is 1. The minimum absolute atomic E-state index is 0.500. The molecule has 0 amide bonds. The molecule has 1 N–H and O–H groups in total. The van der Waals surface area contributed by atoms with Crippen molar-refractivity contribution in [3.8, 4) is 0 Å². The van der Waals surface area contributed by atoms with Crippen molar-refractivity contribution in [3.63, 3.8) is 0 Å². The number of alkyl halides is 3. The van der Waals surface area contributed by atoms with Crippen molar-refractivity contribution >= 4 is 0 Å². The van der Waals surface area contributed by atoms with Crippen molar-refractivity contribution in [3.05, 3.63) is 59.0 Å². The maximum atomic E-state index is 12.4. The summed E-state index contributed by atoms with van der Waals surface area (Å²) < 4.78 is 42.7. The fourth-order valence-corrected chi connectivity index (χ4v) is 1.85. The molecule has 0 fully saturated rings. The zero-order valence-electron chi connectivity index (χ0n) is 11.1. The van der Waals surface area contributed by atoms with Crippen LogP contribution in [-0.2, 0) is 25.7 Å². The van der Waals surface area contributed by atoms with E-state index in [1.807, 2.05) is 19.1 Å². The Morgan fingerprint density at radius 2 is 1.60 bits per heavy atom. The van der Waals surface area contributed by atoms with Crippen LogP contribution in [0.2, 0.25) is 0 Å². The monoisotopic (exact) mass is 283 g/mol. The topological polar surface area (TPSA) is 25.2 Å². The van der Waals surface area contributed by atoms with E-state index >= 15 is 0 Å². The molecule has 0 bridgehead atoms. The first kappa shape index (κ1) is 14.7. The summed E-state index contributed by atoms with van der Waals surface area (Å²) in [5, 5.41) is 3.14. The van der Waals surface area contributed by atoms with E-state index in [0.29, 0.717) is 13.1 Å². The molecule has 0 aliphatic carbocycles. The van der Waals surface area contributed by atoms with Gasteiger partial charge in [0.1, 0.15) is 11.5 Å². The van der Waals surface area contributed by atoms with E-state index in [2.05, 4.69) is 5.32 Å². The first-order chi connectivity index (χ1) is 9.49. The molecule has 0 atom stereocenters. The molecule has 1 heterocycles. The molecule has 0 aliphatic rings. The minimum Gasteiger partial charge on any atom is -0.465 e. The number of furan rings is 1. The molecule has 0 radical (unpaired) electrons. The van der Waals surface area contributed by atoms with E-state index in [1.54, 1.807) is 0 Å². The second kappa shape index (κ2) is 6.13. The van der Waals surface area contributed by atoms with Crippen molar-refractivity contribution in [2.45, 2.75) is 32.6 Å². The molecule has 0 unspecified atom stereocenters. The lowest BCUT2D eigenvalue weighted by Gasteiger charge is -2.08. The summed E-state index contributed by atoms with van der Waals surface area (Å²) in [5.41, 5.74) is 0.181. The van der Waals surface area contributed by atoms with Gasteiger partial charge >= 0.3 is 6.18 Å². The van der Waals surface area contributed by atoms with E-state index in [-0.39, 0.29) is 0 Å². The zero-order valence-corrected chi connectivity index (χ0v) is 11.1. The molecule has 20 heavy (non-hydrogen) atoms. The Morgan fingerprint density at radius 1 is 0.950 bits per heavy atom. The molecule has 2 rings (SSSR count). The molecule has 2 aromatic rings. The van der Waals surface area contributed by atoms with Gasteiger partial charge < -0.3 is 9.73 Å². The summed E-state index contributed by atoms with van der Waals surface area (Å²) in [7, 11) is 0. The van der Waals surface area contributed by atoms with Crippen LogP contribution >= 0.6 is 0 Å². The van der Waals surface area contributed by atoms with Crippen LogP contribution in [0.1, 0.15) is 29.6 Å². The van der Waals surface area contributed by atoms with Crippen LogP contribution in [0.15, 0.2) is 40.8 Å². The summed E-state index contributed by atoms with van der Waals surface area (Å²) in [6, 6.07) is 8.98. The van der Waals surface area contributed by atoms with Crippen molar-refractivity contribution in [1.29, 1.82) is 0 Å². The number of benzene rings is 1. The fraction of sp³-hybridized carbons (Fsp3) is 0.333. The summed E-state index contributed by atoms with van der Waals surface area (Å²) in [5.74, 6) is 1.75. The van der Waals surface area contributed by atoms with Gasteiger partial charge in [0.05, 0.1) is 12.1 Å². The van der Waals surface area contributed by atoms with Gasteiger partial charge in [-0.15, -0.1) is 0 Å². The zero-order chi connectivity index (χ0) is 14.6. The largest absolute Gasteiger partial charge is 0.465 e. The first-order valence-corrected chi connectivity index (χ1v) is 6.43. The first-order valence-electron chi connectivity index (χ1n) is 6.43. The summed E-state index contributed by atoms with van der Waals surface area (Å²) in [6.45, 7) is 3.07. The highest BCUT2D eigenvalue weighted by Crippen LogP contribution is 2.29. The van der Waals surface area contributed by atoms with Crippen LogP contribution in [0.4, 0.5) is 13.2 Å². The standard InChI is InChI=1S/C15H16F3NO/c1-2-13-7-8-14(20-13)10-19-9-11-3-5-12(6-4-11)15(16,17)18/h3-8,19H,2,9-10H2,1H3. The van der Waals surface area contributed by atoms with E-state index in [9.17, 15) is 13.2 Å². The summed E-state index contributed by atoms with van der Waals surface area (Å²) in [6.07, 6.45) is -3.43. The second-order valence-electron chi connectivity index (χ2n) is 4.52. The van der Waals surface area contributed by atoms with E-state index in [1.165, 1.54) is 12.1 Å². The number of hydrogen-bond acceptors (Lipinski definition) is 2. The highest BCUT2D eigenvalue weighted by Gasteiger charge is 2.29. The Labute approximate surface area is 115 Å². The third kappa shape index (κ3) is 3.87. The number of aryl methyl sites for hydroxylation is 1. The van der Waals surface area contributed by atoms with Gasteiger partial charge in [-0.3, -0.25) is 0 Å². The Bertz CT molecular complexity index is 543. The van der Waals surface area contributed by atoms with Gasteiger partial charge in [0.2, 0.25) is 0 Å². The summed E-state index contributed by atoms with van der Waals surface area (Å²) >= 11 is 0. The molecule has 108 valence electrons. The molecular weight excluding hydrogens is 267 g/mol. The molecule has 0 saturated heterocycles. The van der Waals surface area contributed by atoms with Gasteiger partial charge in [0.25, 0.3) is 0 Å². The summed E-state index contributed by atoms with van der Waals surface area (Å²) in [4.78, 5) is 0. The second-order valence-corrected chi connectivity index (χ2v) is 4.52. The SMILES string of the molecule is CCc1ccc(CNCc2ccc(C(F)(F)F)cc2)o1. The lowest BCUT2D eigenvalue weighted by Crippen LogP contribution is -2.12. The van der Waals surface area contributed by atoms with E-state index in [4.69, 9.17) is 4.42 Å². The highest BCUT2D eigenvalue weighted by atomic mass is 19.4. The third-order valence-corrected chi connectivity index (χ3v) is 2.98. The number of hydrogen-bond donors (Lipinski definition) is 1. The van der Waals surface area contributed by atoms with Gasteiger partial charge in [0, 0.05) is 13.0 Å². The molecule has 1 aromatic heterocycles. The predicted molar refractivity (Wildman–Crippen MR) is 70.1 cm³/mol. The van der Waals surface area contributed by atoms with Crippen LogP contribution in [0.25, 0.3) is 0 Å². The van der Waals surface area contributed by atoms with Crippen molar-refractivity contribution in [2.24, 2.45) is 0 Å². The van der Waals surface area contributed by atoms with Gasteiger partial charge in [-0.2, -0.15) is 13.2 Å². The van der Waals surface area contributed by atoms with Crippen LogP contribution in [0.3, 0.4) is 0 Å². The van der Waals surface area contributed by atoms with Crippen LogP contribution in [0.5, 0.6) is 0 Å². The van der Waals surface area contributed by atoms with Crippen LogP contribution < -0.4 is 5.32 Å². The van der Waals surface area contributed by atoms with Crippen molar-refractivity contribution in [1.82, 2.24) is 5.32 Å². The molecule has 5 heteroatoms. The highest BCUT2D eigenvalue weighted by molar-refractivity contribution is 5.24. The van der Waals surface area contributed by atoms with Gasteiger partial charge in [0.15, 0.2) is 0 Å². The minimum atomic E-state index is -4.28. The normalized spacial score (nSPS) is 11.8. The maximum Gasteiger partial charge on any atom is 0.416 e. The molecule has 2 nitrogen and oxygen atoms in total. The average Bonchev–Trinajstić information content (AvgIpc) is 2.86. The lowest BCUT2D eigenvalue weighted by molar-refractivity contribution is -0.137. The molecule has 0 saturated carbocycles. The fourth-order valence-electron chi connectivity index (χ4n) is 1.85. The molecule has 0 spiro atoms. The number of halogens is 3. The van der Waals surface area contributed by atoms with Crippen molar-refractivity contribution < 1.29 is 17.6 Å². The number of rotatable bonds is 5. The lowest BCUT2D eigenvalue weighted by atomic mass is 10.1. The third-order valence-electron chi connectivity index (χ3n) is 2.98. The Hall–Kier alpha value is -1.75. The predicted octanol–water partition coefficient (Wildman–Crippen LogP) is 4.15. The van der Waals surface area contributed by atoms with Crippen LogP contribution in [0, 0.1) is 0 Å². The Kier molecular flexibility index (Phi) is 4.49. The molecular formula is C15H16F3NO. The van der Waals surface area contributed by atoms with Gasteiger partial charge in [-0.1, -0.05) is 19.1 Å². The maximum absolute atomic E-state index is 12.4. The van der Waals surface area contributed by atoms with E-state index in [0.717, 1.165) is 35.6 Å². The Morgan fingerprint density at radius 3 is 2.15 bits per heavy atom. The smallest absolute Gasteiger partial charge is 0.416 e. The quantitative estimate of drug-likeness (QED) is 0.891. The van der Waals surface area contributed by atoms with E-state index < -0.39 is 11.7 Å². The molecule has 1 aromatic carbocycles. The molecule has 0 aliphatic heterocycles. The Balaban J connectivity index is 1.85. The van der Waals surface area contributed by atoms with Crippen LogP contribution in [-0.4, -0.2) is 0 Å². The van der Waals surface area contributed by atoms with Crippen molar-refractivity contribution in [2.75, 3.05) is 0 Å². The average molecular weight is 283 g/mol.